The first-order valence-electron chi connectivity index (χ1n) is 6.30. The summed E-state index contributed by atoms with van der Waals surface area (Å²) >= 11 is 0. The molecule has 0 saturated heterocycles. The van der Waals surface area contributed by atoms with E-state index < -0.39 is 17.7 Å². The normalized spacial score (nSPS) is 10.2. The molecule has 21 heavy (non-hydrogen) atoms. The van der Waals surface area contributed by atoms with Gasteiger partial charge in [0, 0.05) is 5.56 Å². The second-order valence-electron chi connectivity index (χ2n) is 4.77. The number of anilines is 1. The van der Waals surface area contributed by atoms with Gasteiger partial charge in [-0.05, 0) is 43.7 Å². The van der Waals surface area contributed by atoms with Gasteiger partial charge < -0.3 is 10.4 Å². The Balaban J connectivity index is 2.34. The molecule has 0 unspecified atom stereocenters. The minimum atomic E-state index is -1.30. The second-order valence-corrected chi connectivity index (χ2v) is 4.77. The third kappa shape index (κ3) is 3.25. The van der Waals surface area contributed by atoms with Crippen LogP contribution in [0.25, 0.3) is 0 Å². The van der Waals surface area contributed by atoms with Crippen molar-refractivity contribution in [1.29, 1.82) is 0 Å². The van der Waals surface area contributed by atoms with Crippen LogP contribution in [-0.4, -0.2) is 17.0 Å². The molecule has 0 aliphatic heterocycles. The zero-order valence-corrected chi connectivity index (χ0v) is 11.6. The van der Waals surface area contributed by atoms with Gasteiger partial charge in [-0.25, -0.2) is 9.18 Å². The van der Waals surface area contributed by atoms with Crippen molar-refractivity contribution in [3.63, 3.8) is 0 Å². The Morgan fingerprint density at radius 1 is 1.05 bits per heavy atom. The van der Waals surface area contributed by atoms with Crippen LogP contribution in [-0.2, 0) is 0 Å². The zero-order valence-electron chi connectivity index (χ0n) is 11.6. The third-order valence-electron chi connectivity index (χ3n) is 3.09. The summed E-state index contributed by atoms with van der Waals surface area (Å²) in [5.74, 6) is -2.40. The van der Waals surface area contributed by atoms with Crippen molar-refractivity contribution in [3.05, 3.63) is 64.5 Å². The maximum absolute atomic E-state index is 13.1. The first-order valence-corrected chi connectivity index (χ1v) is 6.30. The number of hydrogen-bond acceptors (Lipinski definition) is 2. The van der Waals surface area contributed by atoms with Gasteiger partial charge in [0.05, 0.1) is 11.3 Å². The van der Waals surface area contributed by atoms with Crippen molar-refractivity contribution in [2.75, 3.05) is 5.32 Å². The maximum atomic E-state index is 13.1. The van der Waals surface area contributed by atoms with Crippen molar-refractivity contribution in [3.8, 4) is 0 Å². The van der Waals surface area contributed by atoms with Gasteiger partial charge >= 0.3 is 5.97 Å². The smallest absolute Gasteiger partial charge is 0.337 e. The van der Waals surface area contributed by atoms with Crippen LogP contribution in [0.15, 0.2) is 36.4 Å². The molecule has 4 nitrogen and oxygen atoms in total. The largest absolute Gasteiger partial charge is 0.478 e. The van der Waals surface area contributed by atoms with Gasteiger partial charge in [-0.1, -0.05) is 17.7 Å². The summed E-state index contributed by atoms with van der Waals surface area (Å²) < 4.78 is 13.1. The van der Waals surface area contributed by atoms with Gasteiger partial charge in [-0.2, -0.15) is 0 Å². The minimum Gasteiger partial charge on any atom is -0.478 e. The lowest BCUT2D eigenvalue weighted by atomic mass is 10.0. The molecular formula is C16H14FNO3. The highest BCUT2D eigenvalue weighted by atomic mass is 19.1. The second kappa shape index (κ2) is 5.75. The van der Waals surface area contributed by atoms with E-state index >= 15 is 0 Å². The van der Waals surface area contributed by atoms with Crippen LogP contribution in [0.1, 0.15) is 31.8 Å². The Hall–Kier alpha value is -2.69. The fraction of sp³-hybridized carbons (Fsp3) is 0.125. The van der Waals surface area contributed by atoms with E-state index in [1.807, 2.05) is 13.0 Å². The summed E-state index contributed by atoms with van der Waals surface area (Å²) in [6, 6.07) is 8.54. The average molecular weight is 287 g/mol. The Bertz CT molecular complexity index is 725. The predicted octanol–water partition coefficient (Wildman–Crippen LogP) is 3.39. The number of carboxylic acids is 1. The molecule has 0 aliphatic rings. The molecule has 1 amide bonds. The van der Waals surface area contributed by atoms with Gasteiger partial charge in [0.1, 0.15) is 5.82 Å². The first-order chi connectivity index (χ1) is 9.88. The molecule has 0 saturated carbocycles. The lowest BCUT2D eigenvalue weighted by molar-refractivity contribution is 0.0697. The SMILES string of the molecule is Cc1ccc(C(=O)Nc2ccc(F)cc2C(=O)O)c(C)c1. The predicted molar refractivity (Wildman–Crippen MR) is 77.2 cm³/mol. The fourth-order valence-corrected chi connectivity index (χ4v) is 2.06. The van der Waals surface area contributed by atoms with Crippen molar-refractivity contribution in [1.82, 2.24) is 0 Å². The quantitative estimate of drug-likeness (QED) is 0.909. The summed E-state index contributed by atoms with van der Waals surface area (Å²) in [6.45, 7) is 3.71. The first kappa shape index (κ1) is 14.7. The number of aromatic carboxylic acids is 1. The number of carboxylic acid groups (broad SMARTS) is 1. The van der Waals surface area contributed by atoms with Gasteiger partial charge in [-0.15, -0.1) is 0 Å². The molecular weight excluding hydrogens is 273 g/mol. The lowest BCUT2D eigenvalue weighted by Gasteiger charge is -2.10. The van der Waals surface area contributed by atoms with E-state index in [9.17, 15) is 14.0 Å². The van der Waals surface area contributed by atoms with Gasteiger partial charge in [-0.3, -0.25) is 4.79 Å². The van der Waals surface area contributed by atoms with Crippen LogP contribution in [0.3, 0.4) is 0 Å². The molecule has 2 aromatic rings. The molecule has 0 bridgehead atoms. The van der Waals surface area contributed by atoms with Gasteiger partial charge in [0.25, 0.3) is 5.91 Å². The highest BCUT2D eigenvalue weighted by Gasteiger charge is 2.15. The van der Waals surface area contributed by atoms with E-state index in [1.165, 1.54) is 6.07 Å². The molecule has 0 atom stereocenters. The number of halogens is 1. The molecule has 2 aromatic carbocycles. The van der Waals surface area contributed by atoms with Crippen molar-refractivity contribution >= 4 is 17.6 Å². The Kier molecular flexibility index (Phi) is 4.03. The van der Waals surface area contributed by atoms with Crippen LogP contribution in [0.2, 0.25) is 0 Å². The van der Waals surface area contributed by atoms with E-state index in [4.69, 9.17) is 5.11 Å². The van der Waals surface area contributed by atoms with Crippen LogP contribution in [0, 0.1) is 19.7 Å². The molecule has 108 valence electrons. The fourth-order valence-electron chi connectivity index (χ4n) is 2.06. The van der Waals surface area contributed by atoms with Crippen LogP contribution < -0.4 is 5.32 Å². The molecule has 0 aliphatic carbocycles. The summed E-state index contributed by atoms with van der Waals surface area (Å²) in [7, 11) is 0. The molecule has 0 aromatic heterocycles. The summed E-state index contributed by atoms with van der Waals surface area (Å²) in [5.41, 5.74) is 2.03. The van der Waals surface area contributed by atoms with Crippen molar-refractivity contribution in [2.24, 2.45) is 0 Å². The Morgan fingerprint density at radius 2 is 1.76 bits per heavy atom. The number of carbonyl (C=O) groups excluding carboxylic acids is 1. The number of amides is 1. The number of hydrogen-bond donors (Lipinski definition) is 2. The lowest BCUT2D eigenvalue weighted by Crippen LogP contribution is -2.16. The molecule has 2 rings (SSSR count). The molecule has 0 radical (unpaired) electrons. The van der Waals surface area contributed by atoms with Gasteiger partial charge in [0.2, 0.25) is 0 Å². The number of nitrogens with one attached hydrogen (secondary N) is 1. The minimum absolute atomic E-state index is 0.0638. The van der Waals surface area contributed by atoms with Crippen molar-refractivity contribution < 1.29 is 19.1 Å². The number of carbonyl (C=O) groups is 2. The Labute approximate surface area is 121 Å². The van der Waals surface area contributed by atoms with Crippen LogP contribution >= 0.6 is 0 Å². The molecule has 2 N–H and O–H groups in total. The molecule has 0 fully saturated rings. The molecule has 0 heterocycles. The highest BCUT2D eigenvalue weighted by molar-refractivity contribution is 6.08. The van der Waals surface area contributed by atoms with E-state index in [2.05, 4.69) is 5.32 Å². The zero-order chi connectivity index (χ0) is 15.6. The number of aryl methyl sites for hydroxylation is 2. The van der Waals surface area contributed by atoms with E-state index in [-0.39, 0.29) is 11.3 Å². The monoisotopic (exact) mass is 287 g/mol. The Morgan fingerprint density at radius 3 is 2.38 bits per heavy atom. The standard InChI is InChI=1S/C16H14FNO3/c1-9-3-5-12(10(2)7-9)15(19)18-14-6-4-11(17)8-13(14)16(20)21/h3-8H,1-2H3,(H,18,19)(H,20,21). The molecule has 5 heteroatoms. The summed E-state index contributed by atoms with van der Waals surface area (Å²) in [6.07, 6.45) is 0. The summed E-state index contributed by atoms with van der Waals surface area (Å²) in [5, 5.41) is 11.6. The molecule has 0 spiro atoms. The topological polar surface area (TPSA) is 66.4 Å². The van der Waals surface area contributed by atoms with E-state index in [0.717, 1.165) is 23.3 Å². The van der Waals surface area contributed by atoms with E-state index in [0.29, 0.717) is 5.56 Å². The van der Waals surface area contributed by atoms with E-state index in [1.54, 1.807) is 19.1 Å². The van der Waals surface area contributed by atoms with Crippen LogP contribution in [0.5, 0.6) is 0 Å². The maximum Gasteiger partial charge on any atom is 0.337 e. The highest BCUT2D eigenvalue weighted by Crippen LogP contribution is 2.19. The third-order valence-corrected chi connectivity index (χ3v) is 3.09. The number of benzene rings is 2. The van der Waals surface area contributed by atoms with Gasteiger partial charge in [0.15, 0.2) is 0 Å². The van der Waals surface area contributed by atoms with Crippen molar-refractivity contribution in [2.45, 2.75) is 13.8 Å². The van der Waals surface area contributed by atoms with Crippen LogP contribution in [0.4, 0.5) is 10.1 Å². The number of rotatable bonds is 3. The average Bonchev–Trinajstić information content (AvgIpc) is 2.40. The summed E-state index contributed by atoms with van der Waals surface area (Å²) in [4.78, 5) is 23.3.